The Morgan fingerprint density at radius 1 is 0.786 bits per heavy atom. The van der Waals surface area contributed by atoms with Crippen LogP contribution in [0.2, 0.25) is 0 Å². The highest BCUT2D eigenvalue weighted by Gasteiger charge is 2.16. The highest BCUT2D eigenvalue weighted by atomic mass is 15.0. The van der Waals surface area contributed by atoms with Gasteiger partial charge in [0.2, 0.25) is 0 Å². The molecule has 28 heavy (non-hydrogen) atoms. The Morgan fingerprint density at radius 2 is 1.43 bits per heavy atom. The molecule has 0 aliphatic heterocycles. The molecule has 3 aromatic carbocycles. The normalized spacial score (nSPS) is 12.9. The molecule has 0 unspecified atom stereocenters. The number of aromatic nitrogens is 2. The molecule has 0 radical (unpaired) electrons. The summed E-state index contributed by atoms with van der Waals surface area (Å²) in [7, 11) is 2.15. The molecule has 2 nitrogen and oxygen atoms in total. The number of hydrogen-bond donors (Lipinski definition) is 0. The van der Waals surface area contributed by atoms with E-state index in [4.69, 9.17) is 0 Å². The lowest BCUT2D eigenvalue weighted by Gasteiger charge is -2.09. The Balaban J connectivity index is 2.00. The first-order valence-electron chi connectivity index (χ1n) is 9.60. The van der Waals surface area contributed by atoms with E-state index < -0.39 is 0 Å². The van der Waals surface area contributed by atoms with E-state index in [1.165, 1.54) is 43.6 Å². The Labute approximate surface area is 164 Å². The highest BCUT2D eigenvalue weighted by molar-refractivity contribution is 6.19. The van der Waals surface area contributed by atoms with E-state index in [1.807, 2.05) is 12.2 Å². The third-order valence-corrected chi connectivity index (χ3v) is 5.66. The molecule has 2 heterocycles. The third kappa shape index (κ3) is 2.21. The summed E-state index contributed by atoms with van der Waals surface area (Å²) in [6.45, 7) is 5.91. The number of para-hydroxylation sites is 2. The largest absolute Gasteiger partial charge is 0.344 e. The Morgan fingerprint density at radius 3 is 2.14 bits per heavy atom. The minimum atomic E-state index is 1.14. The Kier molecular flexibility index (Phi) is 3.73. The predicted octanol–water partition coefficient (Wildman–Crippen LogP) is 7.04. The number of allylic oxidation sites excluding steroid dienone is 5. The van der Waals surface area contributed by atoms with Crippen molar-refractivity contribution in [3.63, 3.8) is 0 Å². The van der Waals surface area contributed by atoms with Gasteiger partial charge >= 0.3 is 0 Å². The van der Waals surface area contributed by atoms with Gasteiger partial charge in [0.1, 0.15) is 0 Å². The van der Waals surface area contributed by atoms with Crippen LogP contribution in [0.1, 0.15) is 6.92 Å². The minimum Gasteiger partial charge on any atom is -0.344 e. The molecule has 0 aliphatic carbocycles. The van der Waals surface area contributed by atoms with Gasteiger partial charge in [-0.3, -0.25) is 0 Å². The first-order valence-corrected chi connectivity index (χ1v) is 9.60. The average Bonchev–Trinajstić information content (AvgIpc) is 3.21. The fraction of sp³-hybridized carbons (Fsp3) is 0.0769. The SMILES string of the molecule is C=C/C=C\C(=C/C)n1c2ccccc2c2cc3c4ccccc4n(C)c3cc21. The van der Waals surface area contributed by atoms with Gasteiger partial charge in [-0.2, -0.15) is 0 Å². The second-order valence-electron chi connectivity index (χ2n) is 7.12. The molecule has 2 heteroatoms. The summed E-state index contributed by atoms with van der Waals surface area (Å²) < 4.78 is 4.64. The van der Waals surface area contributed by atoms with Gasteiger partial charge in [0.25, 0.3) is 0 Å². The zero-order valence-electron chi connectivity index (χ0n) is 16.2. The molecule has 5 aromatic rings. The van der Waals surface area contributed by atoms with E-state index in [2.05, 4.69) is 103 Å². The summed E-state index contributed by atoms with van der Waals surface area (Å²) in [5.74, 6) is 0. The third-order valence-electron chi connectivity index (χ3n) is 5.66. The fourth-order valence-electron chi connectivity index (χ4n) is 4.37. The van der Waals surface area contributed by atoms with E-state index in [1.54, 1.807) is 0 Å². The van der Waals surface area contributed by atoms with Crippen LogP contribution in [0.25, 0.3) is 49.3 Å². The Hall–Kier alpha value is -3.52. The van der Waals surface area contributed by atoms with E-state index >= 15 is 0 Å². The second kappa shape index (κ2) is 6.28. The zero-order chi connectivity index (χ0) is 19.3. The first-order chi connectivity index (χ1) is 13.7. The van der Waals surface area contributed by atoms with Gasteiger partial charge in [0, 0.05) is 39.8 Å². The number of hydrogen-bond acceptors (Lipinski definition) is 0. The monoisotopic (exact) mass is 362 g/mol. The maximum Gasteiger partial charge on any atom is 0.0562 e. The molecule has 136 valence electrons. The van der Waals surface area contributed by atoms with E-state index in [-0.39, 0.29) is 0 Å². The summed E-state index contributed by atoms with van der Waals surface area (Å²) in [5, 5.41) is 5.16. The van der Waals surface area contributed by atoms with Gasteiger partial charge < -0.3 is 9.13 Å². The summed E-state index contributed by atoms with van der Waals surface area (Å²) in [6, 6.07) is 22.0. The van der Waals surface area contributed by atoms with E-state index in [0.717, 1.165) is 5.70 Å². The molecule has 0 saturated carbocycles. The van der Waals surface area contributed by atoms with E-state index in [9.17, 15) is 0 Å². The van der Waals surface area contributed by atoms with Crippen molar-refractivity contribution in [2.24, 2.45) is 7.05 Å². The number of benzene rings is 3. The zero-order valence-corrected chi connectivity index (χ0v) is 16.2. The molecular weight excluding hydrogens is 340 g/mol. The minimum absolute atomic E-state index is 1.14. The van der Waals surface area contributed by atoms with Crippen LogP contribution in [-0.2, 0) is 7.05 Å². The van der Waals surface area contributed by atoms with Gasteiger partial charge in [-0.25, -0.2) is 0 Å². The molecule has 0 atom stereocenters. The van der Waals surface area contributed by atoms with Crippen LogP contribution in [-0.4, -0.2) is 9.13 Å². The molecule has 0 saturated heterocycles. The van der Waals surface area contributed by atoms with Crippen molar-refractivity contribution in [1.29, 1.82) is 0 Å². The van der Waals surface area contributed by atoms with Crippen LogP contribution < -0.4 is 0 Å². The second-order valence-corrected chi connectivity index (χ2v) is 7.12. The van der Waals surface area contributed by atoms with Crippen molar-refractivity contribution < 1.29 is 0 Å². The topological polar surface area (TPSA) is 9.86 Å². The molecular formula is C26H22N2. The van der Waals surface area contributed by atoms with Crippen LogP contribution in [0.15, 0.2) is 91.5 Å². The van der Waals surface area contributed by atoms with Crippen LogP contribution in [0.3, 0.4) is 0 Å². The van der Waals surface area contributed by atoms with Crippen LogP contribution in [0.4, 0.5) is 0 Å². The lowest BCUT2D eigenvalue weighted by Crippen LogP contribution is -1.94. The standard InChI is InChI=1S/C26H22N2/c1-4-6-11-18(5-2)28-24-15-10-8-13-20(24)22-16-21-19-12-7-9-14-23(19)27(3)25(21)17-26(22)28/h4-17H,1H2,2-3H3/b11-6-,18-5+. The van der Waals surface area contributed by atoms with Crippen molar-refractivity contribution >= 4 is 49.3 Å². The fourth-order valence-corrected chi connectivity index (χ4v) is 4.37. The number of nitrogens with zero attached hydrogens (tertiary/aromatic N) is 2. The van der Waals surface area contributed by atoms with Gasteiger partial charge in [-0.05, 0) is 37.3 Å². The van der Waals surface area contributed by atoms with Gasteiger partial charge in [0.05, 0.1) is 16.6 Å². The molecule has 0 spiro atoms. The number of rotatable bonds is 3. The molecule has 0 N–H and O–H groups in total. The van der Waals surface area contributed by atoms with Crippen molar-refractivity contribution in [1.82, 2.24) is 9.13 Å². The van der Waals surface area contributed by atoms with Crippen LogP contribution in [0, 0.1) is 0 Å². The first kappa shape index (κ1) is 16.6. The molecule has 0 aliphatic rings. The smallest absolute Gasteiger partial charge is 0.0562 e. The maximum absolute atomic E-state index is 3.82. The quantitative estimate of drug-likeness (QED) is 0.305. The summed E-state index contributed by atoms with van der Waals surface area (Å²) in [6.07, 6.45) is 8.08. The lowest BCUT2D eigenvalue weighted by molar-refractivity contribution is 1.01. The highest BCUT2D eigenvalue weighted by Crippen LogP contribution is 2.37. The Bertz CT molecular complexity index is 1440. The van der Waals surface area contributed by atoms with Gasteiger partial charge in [-0.1, -0.05) is 61.2 Å². The van der Waals surface area contributed by atoms with Gasteiger partial charge in [0.15, 0.2) is 0 Å². The molecule has 0 bridgehead atoms. The summed E-state index contributed by atoms with van der Waals surface area (Å²) >= 11 is 0. The van der Waals surface area contributed by atoms with Crippen molar-refractivity contribution in [3.05, 3.63) is 91.5 Å². The molecule has 0 amide bonds. The van der Waals surface area contributed by atoms with Gasteiger partial charge in [-0.15, -0.1) is 0 Å². The lowest BCUT2D eigenvalue weighted by atomic mass is 10.1. The molecule has 0 fully saturated rings. The number of aryl methyl sites for hydroxylation is 1. The molecule has 2 aromatic heterocycles. The predicted molar refractivity (Wildman–Crippen MR) is 123 cm³/mol. The van der Waals surface area contributed by atoms with Crippen LogP contribution >= 0.6 is 0 Å². The van der Waals surface area contributed by atoms with E-state index in [0.29, 0.717) is 0 Å². The average molecular weight is 362 g/mol. The van der Waals surface area contributed by atoms with Crippen LogP contribution in [0.5, 0.6) is 0 Å². The summed E-state index contributed by atoms with van der Waals surface area (Å²) in [5.41, 5.74) is 6.10. The number of fused-ring (bicyclic) bond motifs is 6. The van der Waals surface area contributed by atoms with Crippen molar-refractivity contribution in [2.75, 3.05) is 0 Å². The van der Waals surface area contributed by atoms with Crippen molar-refractivity contribution in [2.45, 2.75) is 6.92 Å². The molecule has 5 rings (SSSR count). The maximum atomic E-state index is 3.82. The van der Waals surface area contributed by atoms with Crippen molar-refractivity contribution in [3.8, 4) is 0 Å². The summed E-state index contributed by atoms with van der Waals surface area (Å²) in [4.78, 5) is 0.